The Morgan fingerprint density at radius 1 is 0.846 bits per heavy atom. The van der Waals surface area contributed by atoms with Gasteiger partial charge in [-0.3, -0.25) is 0 Å². The van der Waals surface area contributed by atoms with Crippen molar-refractivity contribution in [3.63, 3.8) is 0 Å². The molecular weight excluding hydrogens is 489 g/mol. The molecule has 1 amide bonds. The molecule has 0 bridgehead atoms. The quantitative estimate of drug-likeness (QED) is 0.258. The van der Waals surface area contributed by atoms with Crippen LogP contribution in [0.4, 0.5) is 9.18 Å². The van der Waals surface area contributed by atoms with Crippen molar-refractivity contribution in [1.29, 1.82) is 0 Å². The summed E-state index contributed by atoms with van der Waals surface area (Å²) in [6, 6.07) is 31.6. The number of ether oxygens (including phenoxy) is 2. The highest BCUT2D eigenvalue weighted by Crippen LogP contribution is 2.38. The molecule has 3 unspecified atom stereocenters. The molecule has 0 aliphatic carbocycles. The van der Waals surface area contributed by atoms with Gasteiger partial charge < -0.3 is 14.4 Å². The predicted octanol–water partition coefficient (Wildman–Crippen LogP) is 7.76. The number of benzene rings is 4. The Labute approximate surface area is 230 Å². The van der Waals surface area contributed by atoms with Crippen LogP contribution < -0.4 is 0 Å². The molecule has 4 nitrogen and oxygen atoms in total. The molecule has 1 aliphatic rings. The fraction of sp³-hybridized carbons (Fsp3) is 0.324. The van der Waals surface area contributed by atoms with Crippen molar-refractivity contribution in [1.82, 2.24) is 4.90 Å². The number of piperidine rings is 1. The Kier molecular flexibility index (Phi) is 7.99. The molecule has 4 aromatic rings. The van der Waals surface area contributed by atoms with E-state index in [2.05, 4.69) is 42.5 Å². The molecule has 1 fully saturated rings. The fourth-order valence-corrected chi connectivity index (χ4v) is 5.55. The molecule has 0 N–H and O–H groups in total. The van der Waals surface area contributed by atoms with Gasteiger partial charge in [0.05, 0.1) is 19.3 Å². The summed E-state index contributed by atoms with van der Waals surface area (Å²) in [5, 5.41) is 2.34. The first-order valence-corrected chi connectivity index (χ1v) is 13.6. The fourth-order valence-electron chi connectivity index (χ4n) is 5.55. The summed E-state index contributed by atoms with van der Waals surface area (Å²) < 4.78 is 26.3. The van der Waals surface area contributed by atoms with E-state index in [1.54, 1.807) is 4.90 Å². The van der Waals surface area contributed by atoms with Crippen LogP contribution in [0.2, 0.25) is 0 Å². The second-order valence-electron chi connectivity index (χ2n) is 11.4. The normalized spacial score (nSPS) is 19.7. The Morgan fingerprint density at radius 3 is 2.26 bits per heavy atom. The molecule has 202 valence electrons. The van der Waals surface area contributed by atoms with Crippen molar-refractivity contribution in [2.75, 3.05) is 13.1 Å². The zero-order valence-corrected chi connectivity index (χ0v) is 22.8. The van der Waals surface area contributed by atoms with Crippen LogP contribution in [0.25, 0.3) is 10.8 Å². The number of rotatable bonds is 6. The summed E-state index contributed by atoms with van der Waals surface area (Å²) in [4.78, 5) is 15.0. The molecule has 1 aliphatic heterocycles. The zero-order valence-electron chi connectivity index (χ0n) is 22.8. The monoisotopic (exact) mass is 525 g/mol. The molecule has 0 spiro atoms. The van der Waals surface area contributed by atoms with Crippen LogP contribution in [0, 0.1) is 11.7 Å². The molecule has 0 aromatic heterocycles. The van der Waals surface area contributed by atoms with E-state index in [1.165, 1.54) is 23.1 Å². The van der Waals surface area contributed by atoms with Crippen molar-refractivity contribution in [3.05, 3.63) is 120 Å². The minimum absolute atomic E-state index is 0.0232. The largest absolute Gasteiger partial charge is 0.444 e. The van der Waals surface area contributed by atoms with E-state index in [1.807, 2.05) is 63.2 Å². The van der Waals surface area contributed by atoms with Crippen LogP contribution in [0.15, 0.2) is 97.1 Å². The smallest absolute Gasteiger partial charge is 0.410 e. The van der Waals surface area contributed by atoms with E-state index in [4.69, 9.17) is 9.47 Å². The van der Waals surface area contributed by atoms with Crippen LogP contribution >= 0.6 is 0 Å². The molecular formula is C34H36FNO3. The molecule has 4 aromatic carbocycles. The average Bonchev–Trinajstić information content (AvgIpc) is 2.92. The molecule has 0 radical (unpaired) electrons. The minimum atomic E-state index is -0.596. The lowest BCUT2D eigenvalue weighted by Gasteiger charge is -2.44. The van der Waals surface area contributed by atoms with Gasteiger partial charge in [-0.05, 0) is 78.8 Å². The van der Waals surface area contributed by atoms with Gasteiger partial charge in [0.2, 0.25) is 0 Å². The number of nitrogens with zero attached hydrogens (tertiary/aromatic N) is 1. The maximum absolute atomic E-state index is 13.9. The first-order chi connectivity index (χ1) is 18.7. The van der Waals surface area contributed by atoms with Gasteiger partial charge in [0.1, 0.15) is 11.4 Å². The van der Waals surface area contributed by atoms with E-state index < -0.39 is 5.60 Å². The highest BCUT2D eigenvalue weighted by molar-refractivity contribution is 5.82. The van der Waals surface area contributed by atoms with Crippen molar-refractivity contribution in [3.8, 4) is 0 Å². The lowest BCUT2D eigenvalue weighted by Crippen LogP contribution is -2.52. The van der Waals surface area contributed by atoms with Crippen LogP contribution in [0.3, 0.4) is 0 Å². The predicted molar refractivity (Wildman–Crippen MR) is 153 cm³/mol. The lowest BCUT2D eigenvalue weighted by atomic mass is 9.75. The zero-order chi connectivity index (χ0) is 27.4. The molecule has 0 saturated carbocycles. The van der Waals surface area contributed by atoms with E-state index >= 15 is 0 Å². The van der Waals surface area contributed by atoms with Gasteiger partial charge in [0.15, 0.2) is 0 Å². The van der Waals surface area contributed by atoms with Gasteiger partial charge in [-0.15, -0.1) is 0 Å². The van der Waals surface area contributed by atoms with Gasteiger partial charge in [-0.1, -0.05) is 78.9 Å². The second-order valence-corrected chi connectivity index (χ2v) is 11.4. The van der Waals surface area contributed by atoms with Gasteiger partial charge >= 0.3 is 6.09 Å². The third kappa shape index (κ3) is 6.85. The van der Waals surface area contributed by atoms with Crippen molar-refractivity contribution in [2.45, 2.75) is 51.4 Å². The van der Waals surface area contributed by atoms with Crippen LogP contribution in [-0.4, -0.2) is 35.8 Å². The van der Waals surface area contributed by atoms with Crippen LogP contribution in [0.1, 0.15) is 43.4 Å². The maximum Gasteiger partial charge on any atom is 0.410 e. The highest BCUT2D eigenvalue weighted by Gasteiger charge is 2.41. The molecule has 39 heavy (non-hydrogen) atoms. The Bertz CT molecular complexity index is 1400. The number of hydrogen-bond donors (Lipinski definition) is 0. The molecule has 5 heteroatoms. The maximum atomic E-state index is 13.9. The third-order valence-electron chi connectivity index (χ3n) is 7.29. The number of likely N-dealkylation sites (tertiary alicyclic amines) is 1. The highest BCUT2D eigenvalue weighted by atomic mass is 19.1. The summed E-state index contributed by atoms with van der Waals surface area (Å²) in [6.07, 6.45) is 0.132. The molecule has 1 heterocycles. The number of carbonyl (C=O) groups is 1. The van der Waals surface area contributed by atoms with Gasteiger partial charge in [0.25, 0.3) is 0 Å². The van der Waals surface area contributed by atoms with E-state index in [0.717, 1.165) is 22.9 Å². The van der Waals surface area contributed by atoms with E-state index in [-0.39, 0.29) is 29.9 Å². The van der Waals surface area contributed by atoms with Gasteiger partial charge in [0, 0.05) is 12.5 Å². The molecule has 1 saturated heterocycles. The summed E-state index contributed by atoms with van der Waals surface area (Å²) in [5.74, 6) is -0.233. The average molecular weight is 526 g/mol. The lowest BCUT2D eigenvalue weighted by molar-refractivity contribution is -0.0527. The summed E-state index contributed by atoms with van der Waals surface area (Å²) in [5.41, 5.74) is 2.68. The minimum Gasteiger partial charge on any atom is -0.444 e. The first kappa shape index (κ1) is 26.9. The van der Waals surface area contributed by atoms with Crippen molar-refractivity contribution < 1.29 is 18.7 Å². The first-order valence-electron chi connectivity index (χ1n) is 13.6. The van der Waals surface area contributed by atoms with Crippen LogP contribution in [0.5, 0.6) is 0 Å². The number of halogens is 1. The second kappa shape index (κ2) is 11.6. The van der Waals surface area contributed by atoms with Crippen molar-refractivity contribution in [2.24, 2.45) is 5.92 Å². The third-order valence-corrected chi connectivity index (χ3v) is 7.29. The molecule has 3 atom stereocenters. The Balaban J connectivity index is 1.47. The summed E-state index contributed by atoms with van der Waals surface area (Å²) in [6.45, 7) is 6.98. The summed E-state index contributed by atoms with van der Waals surface area (Å²) in [7, 11) is 0. The number of fused-ring (bicyclic) bond motifs is 1. The van der Waals surface area contributed by atoms with Crippen molar-refractivity contribution >= 4 is 16.9 Å². The van der Waals surface area contributed by atoms with Gasteiger partial charge in [-0.2, -0.15) is 0 Å². The molecule has 5 rings (SSSR count). The topological polar surface area (TPSA) is 38.8 Å². The van der Waals surface area contributed by atoms with E-state index in [9.17, 15) is 9.18 Å². The SMILES string of the molecule is CC(C)(C)OC(=O)N1CC(Cc2ccccc2)C(c2ccc(F)cc2)C(OCc2ccc3ccccc3c2)C1. The van der Waals surface area contributed by atoms with E-state index in [0.29, 0.717) is 19.7 Å². The summed E-state index contributed by atoms with van der Waals surface area (Å²) >= 11 is 0. The Morgan fingerprint density at radius 2 is 1.54 bits per heavy atom. The number of carbonyl (C=O) groups excluding carboxylic acids is 1. The number of amides is 1. The number of hydrogen-bond acceptors (Lipinski definition) is 3. The Hall–Kier alpha value is -3.70. The standard InChI is InChI=1S/C34H36FNO3/c1-34(2,3)39-33(37)36-21-29(19-24-9-5-4-6-10-24)32(27-15-17-30(35)18-16-27)31(22-36)38-23-25-13-14-26-11-7-8-12-28(26)20-25/h4-18,20,29,31-32H,19,21-23H2,1-3H3. The van der Waals surface area contributed by atoms with Crippen LogP contribution in [-0.2, 0) is 22.5 Å². The van der Waals surface area contributed by atoms with Gasteiger partial charge in [-0.25, -0.2) is 9.18 Å².